The minimum atomic E-state index is -0.322. The van der Waals surface area contributed by atoms with E-state index in [-0.39, 0.29) is 11.8 Å². The third kappa shape index (κ3) is 7.07. The van der Waals surface area contributed by atoms with Crippen molar-refractivity contribution in [2.45, 2.75) is 39.5 Å². The SMILES string of the molecule is C=C(C)C(=O)OCCCCCCOc1ccc(C(C)=O)cc1. The number of ether oxygens (including phenoxy) is 2. The van der Waals surface area contributed by atoms with E-state index < -0.39 is 0 Å². The largest absolute Gasteiger partial charge is 0.494 e. The van der Waals surface area contributed by atoms with E-state index in [4.69, 9.17) is 9.47 Å². The summed E-state index contributed by atoms with van der Waals surface area (Å²) in [6, 6.07) is 7.17. The summed E-state index contributed by atoms with van der Waals surface area (Å²) in [4.78, 5) is 22.3. The maximum absolute atomic E-state index is 11.1. The summed E-state index contributed by atoms with van der Waals surface area (Å²) in [5.41, 5.74) is 1.13. The Kier molecular flexibility index (Phi) is 7.97. The molecule has 0 fully saturated rings. The Morgan fingerprint density at radius 3 is 2.09 bits per heavy atom. The lowest BCUT2D eigenvalue weighted by molar-refractivity contribution is -0.139. The monoisotopic (exact) mass is 304 g/mol. The van der Waals surface area contributed by atoms with Crippen molar-refractivity contribution in [1.82, 2.24) is 0 Å². The van der Waals surface area contributed by atoms with Gasteiger partial charge in [0.1, 0.15) is 5.75 Å². The van der Waals surface area contributed by atoms with Gasteiger partial charge in [0.05, 0.1) is 13.2 Å². The molecular weight excluding hydrogens is 280 g/mol. The highest BCUT2D eigenvalue weighted by Gasteiger charge is 2.02. The van der Waals surface area contributed by atoms with Crippen molar-refractivity contribution in [2.24, 2.45) is 0 Å². The molecule has 0 radical (unpaired) electrons. The summed E-state index contributed by atoms with van der Waals surface area (Å²) in [6.07, 6.45) is 3.82. The second kappa shape index (κ2) is 9.77. The van der Waals surface area contributed by atoms with Crippen LogP contribution in [0.25, 0.3) is 0 Å². The van der Waals surface area contributed by atoms with Gasteiger partial charge in [-0.2, -0.15) is 0 Å². The molecular formula is C18H24O4. The maximum Gasteiger partial charge on any atom is 0.333 e. The van der Waals surface area contributed by atoms with Gasteiger partial charge in [-0.25, -0.2) is 4.79 Å². The predicted molar refractivity (Wildman–Crippen MR) is 86.2 cm³/mol. The van der Waals surface area contributed by atoms with Gasteiger partial charge in [0.15, 0.2) is 5.78 Å². The maximum atomic E-state index is 11.1. The molecule has 1 aromatic carbocycles. The zero-order chi connectivity index (χ0) is 16.4. The van der Waals surface area contributed by atoms with Gasteiger partial charge in [0.2, 0.25) is 0 Å². The fraction of sp³-hybridized carbons (Fsp3) is 0.444. The van der Waals surface area contributed by atoms with E-state index in [9.17, 15) is 9.59 Å². The summed E-state index contributed by atoms with van der Waals surface area (Å²) in [5, 5.41) is 0. The molecule has 0 N–H and O–H groups in total. The summed E-state index contributed by atoms with van der Waals surface area (Å²) >= 11 is 0. The highest BCUT2D eigenvalue weighted by molar-refractivity contribution is 5.94. The number of rotatable bonds is 10. The number of hydrogen-bond donors (Lipinski definition) is 0. The Morgan fingerprint density at radius 1 is 0.955 bits per heavy atom. The molecule has 120 valence electrons. The van der Waals surface area contributed by atoms with Crippen LogP contribution in [0, 0.1) is 0 Å². The van der Waals surface area contributed by atoms with E-state index in [1.165, 1.54) is 0 Å². The number of Topliss-reactive ketones (excluding diaryl/α,β-unsaturated/α-hetero) is 1. The highest BCUT2D eigenvalue weighted by atomic mass is 16.5. The summed E-state index contributed by atoms with van der Waals surface area (Å²) in [5.74, 6) is 0.511. The Balaban J connectivity index is 2.05. The average Bonchev–Trinajstić information content (AvgIpc) is 2.50. The van der Waals surface area contributed by atoms with Crippen molar-refractivity contribution in [3.63, 3.8) is 0 Å². The van der Waals surface area contributed by atoms with Gasteiger partial charge in [-0.1, -0.05) is 6.58 Å². The second-order valence-electron chi connectivity index (χ2n) is 5.26. The lowest BCUT2D eigenvalue weighted by atomic mass is 10.1. The molecule has 0 aromatic heterocycles. The third-order valence-electron chi connectivity index (χ3n) is 3.15. The van der Waals surface area contributed by atoms with Crippen molar-refractivity contribution in [1.29, 1.82) is 0 Å². The highest BCUT2D eigenvalue weighted by Crippen LogP contribution is 2.13. The number of ketones is 1. The van der Waals surface area contributed by atoms with Crippen LogP contribution >= 0.6 is 0 Å². The minimum Gasteiger partial charge on any atom is -0.494 e. The molecule has 22 heavy (non-hydrogen) atoms. The molecule has 4 heteroatoms. The average molecular weight is 304 g/mol. The van der Waals surface area contributed by atoms with E-state index in [0.29, 0.717) is 24.4 Å². The van der Waals surface area contributed by atoms with Crippen molar-refractivity contribution < 1.29 is 19.1 Å². The zero-order valence-electron chi connectivity index (χ0n) is 13.4. The van der Waals surface area contributed by atoms with E-state index in [1.54, 1.807) is 26.0 Å². The number of carbonyl (C=O) groups excluding carboxylic acids is 2. The van der Waals surface area contributed by atoms with E-state index in [1.807, 2.05) is 12.1 Å². The molecule has 0 unspecified atom stereocenters. The van der Waals surface area contributed by atoms with E-state index in [0.717, 1.165) is 31.4 Å². The third-order valence-corrected chi connectivity index (χ3v) is 3.15. The topological polar surface area (TPSA) is 52.6 Å². The molecule has 0 heterocycles. The van der Waals surface area contributed by atoms with Crippen LogP contribution < -0.4 is 4.74 Å². The Labute approximate surface area is 132 Å². The summed E-state index contributed by atoms with van der Waals surface area (Å²) in [7, 11) is 0. The summed E-state index contributed by atoms with van der Waals surface area (Å²) in [6.45, 7) is 7.80. The zero-order valence-corrected chi connectivity index (χ0v) is 13.4. The van der Waals surface area contributed by atoms with Crippen LogP contribution in [0.4, 0.5) is 0 Å². The number of benzene rings is 1. The first kappa shape index (κ1) is 18.0. The van der Waals surface area contributed by atoms with Crippen LogP contribution in [0.5, 0.6) is 5.75 Å². The van der Waals surface area contributed by atoms with Crippen molar-refractivity contribution in [2.75, 3.05) is 13.2 Å². The van der Waals surface area contributed by atoms with Crippen molar-refractivity contribution >= 4 is 11.8 Å². The van der Waals surface area contributed by atoms with Gasteiger partial charge >= 0.3 is 5.97 Å². The molecule has 0 saturated heterocycles. The molecule has 1 aromatic rings. The van der Waals surface area contributed by atoms with Crippen LogP contribution in [-0.2, 0) is 9.53 Å². The molecule has 0 aliphatic rings. The van der Waals surface area contributed by atoms with Gasteiger partial charge in [0.25, 0.3) is 0 Å². The molecule has 0 aliphatic carbocycles. The van der Waals surface area contributed by atoms with Crippen LogP contribution in [0.2, 0.25) is 0 Å². The Hall–Kier alpha value is -2.10. The van der Waals surface area contributed by atoms with Gasteiger partial charge in [0, 0.05) is 11.1 Å². The first-order chi connectivity index (χ1) is 10.5. The number of esters is 1. The molecule has 0 spiro atoms. The lowest BCUT2D eigenvalue weighted by Gasteiger charge is -2.07. The van der Waals surface area contributed by atoms with Crippen LogP contribution in [0.15, 0.2) is 36.4 Å². The number of unbranched alkanes of at least 4 members (excludes halogenated alkanes) is 3. The summed E-state index contributed by atoms with van der Waals surface area (Å²) < 4.78 is 10.6. The molecule has 0 amide bonds. The Morgan fingerprint density at radius 2 is 1.55 bits per heavy atom. The molecule has 1 rings (SSSR count). The molecule has 0 saturated carbocycles. The predicted octanol–water partition coefficient (Wildman–Crippen LogP) is 3.95. The molecule has 4 nitrogen and oxygen atoms in total. The minimum absolute atomic E-state index is 0.0545. The van der Waals surface area contributed by atoms with Gasteiger partial charge < -0.3 is 9.47 Å². The first-order valence-corrected chi connectivity index (χ1v) is 7.57. The van der Waals surface area contributed by atoms with Crippen molar-refractivity contribution in [3.8, 4) is 5.75 Å². The quantitative estimate of drug-likeness (QED) is 0.284. The normalized spacial score (nSPS) is 10.1. The van der Waals surface area contributed by atoms with E-state index in [2.05, 4.69) is 6.58 Å². The standard InChI is InChI=1S/C18H24O4/c1-14(2)18(20)22-13-7-5-4-6-12-21-17-10-8-16(9-11-17)15(3)19/h8-11H,1,4-7,12-13H2,2-3H3. The van der Waals surface area contributed by atoms with Crippen LogP contribution in [0.3, 0.4) is 0 Å². The second-order valence-corrected chi connectivity index (χ2v) is 5.26. The lowest BCUT2D eigenvalue weighted by Crippen LogP contribution is -2.06. The number of hydrogen-bond acceptors (Lipinski definition) is 4. The number of carbonyl (C=O) groups is 2. The van der Waals surface area contributed by atoms with Gasteiger partial charge in [-0.15, -0.1) is 0 Å². The fourth-order valence-corrected chi connectivity index (χ4v) is 1.82. The molecule has 0 bridgehead atoms. The molecule has 0 aliphatic heterocycles. The molecule has 0 atom stereocenters. The van der Waals surface area contributed by atoms with Crippen LogP contribution in [-0.4, -0.2) is 25.0 Å². The first-order valence-electron chi connectivity index (χ1n) is 7.57. The van der Waals surface area contributed by atoms with E-state index >= 15 is 0 Å². The smallest absolute Gasteiger partial charge is 0.333 e. The fourth-order valence-electron chi connectivity index (χ4n) is 1.82. The Bertz CT molecular complexity index is 502. The van der Waals surface area contributed by atoms with Gasteiger partial charge in [-0.05, 0) is 63.8 Å². The van der Waals surface area contributed by atoms with Crippen molar-refractivity contribution in [3.05, 3.63) is 42.0 Å². The van der Waals surface area contributed by atoms with Gasteiger partial charge in [-0.3, -0.25) is 4.79 Å². The van der Waals surface area contributed by atoms with Crippen LogP contribution in [0.1, 0.15) is 49.9 Å².